The highest BCUT2D eigenvalue weighted by molar-refractivity contribution is 5.43. The van der Waals surface area contributed by atoms with Crippen molar-refractivity contribution in [1.29, 1.82) is 0 Å². The van der Waals surface area contributed by atoms with Gasteiger partial charge in [0.2, 0.25) is 0 Å². The Kier molecular flexibility index (Phi) is 4.28. The van der Waals surface area contributed by atoms with E-state index in [2.05, 4.69) is 37.2 Å². The van der Waals surface area contributed by atoms with E-state index in [1.165, 1.54) is 29.5 Å². The first-order valence-electron chi connectivity index (χ1n) is 6.60. The third-order valence-electron chi connectivity index (χ3n) is 3.19. The molecule has 1 aromatic rings. The average molecular weight is 243 g/mol. The zero-order valence-electron chi connectivity index (χ0n) is 11.3. The van der Waals surface area contributed by atoms with Crippen molar-refractivity contribution in [3.05, 3.63) is 28.8 Å². The minimum Gasteiger partial charge on any atom is -0.492 e. The average Bonchev–Trinajstić information content (AvgIpc) is 3.14. The predicted molar refractivity (Wildman–Crippen MR) is 74.7 cm³/mol. The van der Waals surface area contributed by atoms with Crippen LogP contribution in [0.4, 0.5) is 0 Å². The number of aryl methyl sites for hydroxylation is 2. The van der Waals surface area contributed by atoms with E-state index in [0.717, 1.165) is 18.3 Å². The lowest BCUT2D eigenvalue weighted by molar-refractivity contribution is 0.322. The normalized spacial score (nSPS) is 14.3. The molecule has 0 aliphatic heterocycles. The Morgan fingerprint density at radius 2 is 2.00 bits per heavy atom. The molecule has 0 heterocycles. The zero-order valence-corrected chi connectivity index (χ0v) is 11.3. The summed E-state index contributed by atoms with van der Waals surface area (Å²) in [6.45, 7) is 5.74. The summed E-state index contributed by atoms with van der Waals surface area (Å²) in [5.74, 6) is 3.58. The fourth-order valence-electron chi connectivity index (χ4n) is 2.13. The molecule has 96 valence electrons. The molecule has 1 aliphatic rings. The van der Waals surface area contributed by atoms with E-state index < -0.39 is 0 Å². The second kappa shape index (κ2) is 5.93. The largest absolute Gasteiger partial charge is 0.492 e. The second-order valence-electron chi connectivity index (χ2n) is 5.02. The van der Waals surface area contributed by atoms with Gasteiger partial charge in [-0.05, 0) is 43.4 Å². The highest BCUT2D eigenvalue weighted by Crippen LogP contribution is 2.26. The van der Waals surface area contributed by atoms with Crippen molar-refractivity contribution in [2.75, 3.05) is 6.61 Å². The second-order valence-corrected chi connectivity index (χ2v) is 5.02. The SMILES string of the molecule is C#CCCOc1c(C)cc(CNC2CC2)cc1C. The lowest BCUT2D eigenvalue weighted by Crippen LogP contribution is -2.15. The maximum atomic E-state index is 5.74. The van der Waals surface area contributed by atoms with Gasteiger partial charge in [0.05, 0.1) is 6.61 Å². The Bertz CT molecular complexity index is 432. The smallest absolute Gasteiger partial charge is 0.125 e. The molecule has 2 heteroatoms. The lowest BCUT2D eigenvalue weighted by Gasteiger charge is -2.13. The predicted octanol–water partition coefficient (Wildman–Crippen LogP) is 2.96. The minimum absolute atomic E-state index is 0.595. The maximum absolute atomic E-state index is 5.74. The van der Waals surface area contributed by atoms with Gasteiger partial charge in [0, 0.05) is 19.0 Å². The Balaban J connectivity index is 2.00. The first kappa shape index (κ1) is 13.0. The number of benzene rings is 1. The Hall–Kier alpha value is -1.46. The van der Waals surface area contributed by atoms with Crippen LogP contribution in [0.25, 0.3) is 0 Å². The van der Waals surface area contributed by atoms with Gasteiger partial charge in [-0.25, -0.2) is 0 Å². The third kappa shape index (κ3) is 3.51. The van der Waals surface area contributed by atoms with Crippen molar-refractivity contribution in [1.82, 2.24) is 5.32 Å². The first-order chi connectivity index (χ1) is 8.70. The monoisotopic (exact) mass is 243 g/mol. The maximum Gasteiger partial charge on any atom is 0.125 e. The number of hydrogen-bond acceptors (Lipinski definition) is 2. The quantitative estimate of drug-likeness (QED) is 0.612. The molecule has 0 spiro atoms. The van der Waals surface area contributed by atoms with Crippen LogP contribution in [0.2, 0.25) is 0 Å². The molecule has 0 bridgehead atoms. The number of rotatable bonds is 6. The van der Waals surface area contributed by atoms with Crippen molar-refractivity contribution in [2.45, 2.75) is 45.7 Å². The molecular weight excluding hydrogens is 222 g/mol. The van der Waals surface area contributed by atoms with E-state index in [4.69, 9.17) is 11.2 Å². The van der Waals surface area contributed by atoms with Crippen LogP contribution in [0.15, 0.2) is 12.1 Å². The van der Waals surface area contributed by atoms with Gasteiger partial charge in [-0.2, -0.15) is 0 Å². The fraction of sp³-hybridized carbons (Fsp3) is 0.500. The van der Waals surface area contributed by atoms with E-state index in [1.54, 1.807) is 0 Å². The molecule has 0 amide bonds. The Labute approximate surface area is 110 Å². The molecule has 0 saturated heterocycles. The summed E-state index contributed by atoms with van der Waals surface area (Å²) >= 11 is 0. The molecule has 1 saturated carbocycles. The van der Waals surface area contributed by atoms with Gasteiger partial charge in [-0.3, -0.25) is 0 Å². The van der Waals surface area contributed by atoms with Crippen LogP contribution in [0.1, 0.15) is 36.0 Å². The van der Waals surface area contributed by atoms with Gasteiger partial charge < -0.3 is 10.1 Å². The number of terminal acetylenes is 1. The summed E-state index contributed by atoms with van der Waals surface area (Å²) in [6.07, 6.45) is 8.53. The summed E-state index contributed by atoms with van der Waals surface area (Å²) in [4.78, 5) is 0. The third-order valence-corrected chi connectivity index (χ3v) is 3.19. The van der Waals surface area contributed by atoms with E-state index in [0.29, 0.717) is 13.0 Å². The fourth-order valence-corrected chi connectivity index (χ4v) is 2.13. The molecule has 1 aliphatic carbocycles. The highest BCUT2D eigenvalue weighted by Gasteiger charge is 2.20. The molecule has 0 atom stereocenters. The molecule has 1 aromatic carbocycles. The van der Waals surface area contributed by atoms with Gasteiger partial charge >= 0.3 is 0 Å². The first-order valence-corrected chi connectivity index (χ1v) is 6.60. The molecule has 18 heavy (non-hydrogen) atoms. The molecule has 1 fully saturated rings. The van der Waals surface area contributed by atoms with E-state index in [1.807, 2.05) is 0 Å². The standard InChI is InChI=1S/C16H21NO/c1-4-5-8-18-16-12(2)9-14(10-13(16)3)11-17-15-6-7-15/h1,9-10,15,17H,5-8,11H2,2-3H3. The van der Waals surface area contributed by atoms with Gasteiger partial charge in [0.25, 0.3) is 0 Å². The van der Waals surface area contributed by atoms with Crippen LogP contribution in [-0.2, 0) is 6.54 Å². The molecular formula is C16H21NO. The molecule has 2 rings (SSSR count). The van der Waals surface area contributed by atoms with Crippen LogP contribution < -0.4 is 10.1 Å². The van der Waals surface area contributed by atoms with Gasteiger partial charge in [0.1, 0.15) is 5.75 Å². The van der Waals surface area contributed by atoms with Crippen LogP contribution in [0.3, 0.4) is 0 Å². The highest BCUT2D eigenvalue weighted by atomic mass is 16.5. The minimum atomic E-state index is 0.595. The lowest BCUT2D eigenvalue weighted by atomic mass is 10.1. The summed E-state index contributed by atoms with van der Waals surface area (Å²) in [6, 6.07) is 5.15. The van der Waals surface area contributed by atoms with E-state index in [9.17, 15) is 0 Å². The summed E-state index contributed by atoms with van der Waals surface area (Å²) in [5.41, 5.74) is 3.72. The molecule has 0 unspecified atom stereocenters. The van der Waals surface area contributed by atoms with E-state index >= 15 is 0 Å². The number of nitrogens with one attached hydrogen (secondary N) is 1. The van der Waals surface area contributed by atoms with Crippen LogP contribution in [-0.4, -0.2) is 12.6 Å². The van der Waals surface area contributed by atoms with Gasteiger partial charge in [0.15, 0.2) is 0 Å². The molecule has 1 N–H and O–H groups in total. The van der Waals surface area contributed by atoms with Gasteiger partial charge in [-0.1, -0.05) is 12.1 Å². The molecule has 0 aromatic heterocycles. The topological polar surface area (TPSA) is 21.3 Å². The number of hydrogen-bond donors (Lipinski definition) is 1. The Morgan fingerprint density at radius 3 is 2.56 bits per heavy atom. The summed E-state index contributed by atoms with van der Waals surface area (Å²) in [7, 11) is 0. The van der Waals surface area contributed by atoms with Crippen molar-refractivity contribution in [3.63, 3.8) is 0 Å². The summed E-state index contributed by atoms with van der Waals surface area (Å²) in [5, 5.41) is 3.53. The van der Waals surface area contributed by atoms with Crippen molar-refractivity contribution in [2.24, 2.45) is 0 Å². The van der Waals surface area contributed by atoms with Crippen molar-refractivity contribution >= 4 is 0 Å². The van der Waals surface area contributed by atoms with Crippen LogP contribution in [0.5, 0.6) is 5.75 Å². The van der Waals surface area contributed by atoms with Crippen molar-refractivity contribution < 1.29 is 4.74 Å². The summed E-state index contributed by atoms with van der Waals surface area (Å²) < 4.78 is 5.74. The van der Waals surface area contributed by atoms with Crippen molar-refractivity contribution in [3.8, 4) is 18.1 Å². The van der Waals surface area contributed by atoms with Crippen LogP contribution >= 0.6 is 0 Å². The number of ether oxygens (including phenoxy) is 1. The van der Waals surface area contributed by atoms with Gasteiger partial charge in [-0.15, -0.1) is 12.3 Å². The zero-order chi connectivity index (χ0) is 13.0. The molecule has 0 radical (unpaired) electrons. The van der Waals surface area contributed by atoms with E-state index in [-0.39, 0.29) is 0 Å². The van der Waals surface area contributed by atoms with Crippen LogP contribution in [0, 0.1) is 26.2 Å². The molecule has 2 nitrogen and oxygen atoms in total. The Morgan fingerprint density at radius 1 is 1.33 bits per heavy atom.